The summed E-state index contributed by atoms with van der Waals surface area (Å²) in [6.45, 7) is 0. The van der Waals surface area contributed by atoms with E-state index < -0.39 is 0 Å². The van der Waals surface area contributed by atoms with E-state index in [1.807, 2.05) is 24.3 Å². The number of hydrogen-bond donors (Lipinski definition) is 1. The maximum absolute atomic E-state index is 6.02. The maximum Gasteiger partial charge on any atom is 0.0710 e. The Morgan fingerprint density at radius 3 is 2.39 bits per heavy atom. The highest BCUT2D eigenvalue weighted by Crippen LogP contribution is 2.41. The number of nitrogens with zero attached hydrogens (tertiary/aromatic N) is 1. The zero-order chi connectivity index (χ0) is 16.1. The molecule has 1 aromatic carbocycles. The second kappa shape index (κ2) is 8.58. The molecule has 0 amide bonds. The summed E-state index contributed by atoms with van der Waals surface area (Å²) in [6, 6.07) is 7.71. The standard InChI is InChI=1S/C20H28ClNS/c21-18-7-4-8-19(14-18)22-20(23)13-15-9-11-17(12-10-15)16-5-2-1-3-6-16/h4,7-8,14-17H,1-3,5-6,9-13H2,(H,22,23)/t15-,17+. The van der Waals surface area contributed by atoms with Gasteiger partial charge in [0.1, 0.15) is 0 Å². The first-order valence-corrected chi connectivity index (χ1v) is 10.1. The van der Waals surface area contributed by atoms with Crippen LogP contribution in [-0.2, 0) is 0 Å². The van der Waals surface area contributed by atoms with Crippen molar-refractivity contribution in [3.05, 3.63) is 29.3 Å². The van der Waals surface area contributed by atoms with Crippen LogP contribution in [-0.4, -0.2) is 5.04 Å². The third-order valence-electron chi connectivity index (χ3n) is 5.75. The summed E-state index contributed by atoms with van der Waals surface area (Å²) in [5.74, 6) is 2.80. The van der Waals surface area contributed by atoms with Gasteiger partial charge in [0.25, 0.3) is 0 Å². The van der Waals surface area contributed by atoms with Gasteiger partial charge < -0.3 is 0 Å². The average Bonchev–Trinajstić information content (AvgIpc) is 2.56. The Kier molecular flexibility index (Phi) is 6.47. The van der Waals surface area contributed by atoms with Crippen molar-refractivity contribution in [2.75, 3.05) is 0 Å². The molecule has 0 radical (unpaired) electrons. The SMILES string of the molecule is SC(C[C@H]1CC[C@@H](C2CCCCC2)CC1)=Nc1cccc(Cl)c1. The fourth-order valence-electron chi connectivity index (χ4n) is 4.47. The van der Waals surface area contributed by atoms with Crippen LogP contribution in [0.1, 0.15) is 64.2 Å². The number of benzene rings is 1. The van der Waals surface area contributed by atoms with Crippen LogP contribution >= 0.6 is 24.2 Å². The molecule has 2 fully saturated rings. The van der Waals surface area contributed by atoms with Gasteiger partial charge in [-0.2, -0.15) is 0 Å². The molecule has 0 N–H and O–H groups in total. The van der Waals surface area contributed by atoms with Gasteiger partial charge in [-0.3, -0.25) is 0 Å². The van der Waals surface area contributed by atoms with Gasteiger partial charge in [0.05, 0.1) is 10.7 Å². The lowest BCUT2D eigenvalue weighted by Gasteiger charge is -2.35. The minimum Gasteiger partial charge on any atom is -0.247 e. The molecule has 3 heteroatoms. The predicted molar refractivity (Wildman–Crippen MR) is 104 cm³/mol. The molecule has 1 aromatic rings. The molecule has 23 heavy (non-hydrogen) atoms. The van der Waals surface area contributed by atoms with Crippen LogP contribution in [0.5, 0.6) is 0 Å². The van der Waals surface area contributed by atoms with Crippen LogP contribution in [0.3, 0.4) is 0 Å². The van der Waals surface area contributed by atoms with Crippen LogP contribution in [0.4, 0.5) is 5.69 Å². The summed E-state index contributed by atoms with van der Waals surface area (Å²) in [6.07, 6.45) is 14.0. The molecule has 3 rings (SSSR count). The van der Waals surface area contributed by atoms with Gasteiger partial charge in [-0.15, -0.1) is 12.6 Å². The van der Waals surface area contributed by atoms with E-state index in [4.69, 9.17) is 11.6 Å². The van der Waals surface area contributed by atoms with Crippen LogP contribution < -0.4 is 0 Å². The lowest BCUT2D eigenvalue weighted by atomic mass is 9.70. The molecule has 0 aromatic heterocycles. The number of hydrogen-bond acceptors (Lipinski definition) is 1. The van der Waals surface area contributed by atoms with E-state index >= 15 is 0 Å². The molecule has 2 aliphatic carbocycles. The van der Waals surface area contributed by atoms with Crippen LogP contribution in [0.25, 0.3) is 0 Å². The summed E-state index contributed by atoms with van der Waals surface area (Å²) in [5, 5.41) is 1.69. The highest BCUT2D eigenvalue weighted by molar-refractivity contribution is 7.97. The van der Waals surface area contributed by atoms with E-state index in [-0.39, 0.29) is 0 Å². The molecule has 0 unspecified atom stereocenters. The second-order valence-electron chi connectivity index (χ2n) is 7.39. The molecule has 0 bridgehead atoms. The summed E-state index contributed by atoms with van der Waals surface area (Å²) < 4.78 is 0. The van der Waals surface area contributed by atoms with Crippen molar-refractivity contribution in [1.29, 1.82) is 0 Å². The fourth-order valence-corrected chi connectivity index (χ4v) is 5.03. The van der Waals surface area contributed by atoms with E-state index in [9.17, 15) is 0 Å². The Morgan fingerprint density at radius 2 is 1.70 bits per heavy atom. The van der Waals surface area contributed by atoms with Crippen molar-refractivity contribution in [3.63, 3.8) is 0 Å². The highest BCUT2D eigenvalue weighted by Gasteiger charge is 2.28. The van der Waals surface area contributed by atoms with Crippen molar-refractivity contribution < 1.29 is 0 Å². The molecular formula is C20H28ClNS. The molecule has 1 nitrogen and oxygen atoms in total. The third-order valence-corrected chi connectivity index (χ3v) is 6.26. The number of aliphatic imine (C=N–C) groups is 1. The number of thiol groups is 1. The van der Waals surface area contributed by atoms with Gasteiger partial charge >= 0.3 is 0 Å². The van der Waals surface area contributed by atoms with Gasteiger partial charge in [0, 0.05) is 5.02 Å². The third kappa shape index (κ3) is 5.26. The van der Waals surface area contributed by atoms with Crippen molar-refractivity contribution >= 4 is 35.0 Å². The van der Waals surface area contributed by atoms with Crippen molar-refractivity contribution in [1.82, 2.24) is 0 Å². The summed E-state index contributed by atoms with van der Waals surface area (Å²) in [5.41, 5.74) is 0.915. The van der Waals surface area contributed by atoms with E-state index in [1.54, 1.807) is 0 Å². The topological polar surface area (TPSA) is 12.4 Å². The van der Waals surface area contributed by atoms with Crippen molar-refractivity contribution in [2.24, 2.45) is 22.7 Å². The molecule has 126 valence electrons. The molecular weight excluding hydrogens is 322 g/mol. The Hall–Kier alpha value is -0.470. The molecule has 0 saturated heterocycles. The van der Waals surface area contributed by atoms with Gasteiger partial charge in [0.15, 0.2) is 0 Å². The summed E-state index contributed by atoms with van der Waals surface area (Å²) in [4.78, 5) is 4.62. The zero-order valence-corrected chi connectivity index (χ0v) is 15.5. The maximum atomic E-state index is 6.02. The monoisotopic (exact) mass is 349 g/mol. The zero-order valence-electron chi connectivity index (χ0n) is 13.9. The van der Waals surface area contributed by atoms with Crippen LogP contribution in [0.2, 0.25) is 5.02 Å². The van der Waals surface area contributed by atoms with E-state index in [1.165, 1.54) is 57.8 Å². The van der Waals surface area contributed by atoms with E-state index in [2.05, 4.69) is 17.6 Å². The van der Waals surface area contributed by atoms with Crippen LogP contribution in [0, 0.1) is 17.8 Å². The smallest absolute Gasteiger partial charge is 0.0710 e. The van der Waals surface area contributed by atoms with Gasteiger partial charge in [-0.1, -0.05) is 49.8 Å². The first kappa shape index (κ1) is 17.4. The van der Waals surface area contributed by atoms with Gasteiger partial charge in [0.2, 0.25) is 0 Å². The molecule has 0 aliphatic heterocycles. The molecule has 0 spiro atoms. The summed E-state index contributed by atoms with van der Waals surface area (Å²) >= 11 is 10.6. The Bertz CT molecular complexity index is 528. The van der Waals surface area contributed by atoms with E-state index in [0.29, 0.717) is 0 Å². The first-order chi connectivity index (χ1) is 11.2. The molecule has 2 saturated carbocycles. The molecule has 0 atom stereocenters. The quantitative estimate of drug-likeness (QED) is 0.339. The van der Waals surface area contributed by atoms with Crippen molar-refractivity contribution in [3.8, 4) is 0 Å². The predicted octanol–water partition coefficient (Wildman–Crippen LogP) is 7.08. The van der Waals surface area contributed by atoms with Crippen molar-refractivity contribution in [2.45, 2.75) is 64.2 Å². The molecule has 2 aliphatic rings. The number of halogens is 1. The Labute approximate surface area is 151 Å². The van der Waals surface area contributed by atoms with Crippen LogP contribution in [0.15, 0.2) is 29.3 Å². The highest BCUT2D eigenvalue weighted by atomic mass is 35.5. The fraction of sp³-hybridized carbons (Fsp3) is 0.650. The molecule has 0 heterocycles. The lowest BCUT2D eigenvalue weighted by Crippen LogP contribution is -2.24. The largest absolute Gasteiger partial charge is 0.247 e. The second-order valence-corrected chi connectivity index (χ2v) is 8.34. The lowest BCUT2D eigenvalue weighted by molar-refractivity contribution is 0.169. The van der Waals surface area contributed by atoms with Gasteiger partial charge in [-0.25, -0.2) is 4.99 Å². The first-order valence-electron chi connectivity index (χ1n) is 9.23. The van der Waals surface area contributed by atoms with Gasteiger partial charge in [-0.05, 0) is 68.1 Å². The average molecular weight is 350 g/mol. The number of rotatable bonds is 4. The minimum absolute atomic E-state index is 0.736. The minimum atomic E-state index is 0.736. The Balaban J connectivity index is 1.48. The van der Waals surface area contributed by atoms with E-state index in [0.717, 1.165) is 39.9 Å². The summed E-state index contributed by atoms with van der Waals surface area (Å²) in [7, 11) is 0. The normalized spacial score (nSPS) is 27.1. The Morgan fingerprint density at radius 1 is 1.00 bits per heavy atom.